The zero-order valence-corrected chi connectivity index (χ0v) is 17.9. The first-order valence-electron chi connectivity index (χ1n) is 10.9. The van der Waals surface area contributed by atoms with Crippen LogP contribution >= 0.6 is 11.6 Å². The molecule has 0 amide bonds. The third-order valence-corrected chi connectivity index (χ3v) is 5.42. The molecule has 5 rings (SSSR count). The highest BCUT2D eigenvalue weighted by Crippen LogP contribution is 2.32. The second kappa shape index (κ2) is 8.84. The standard InChI is InChI=1S/C24H18ClFN6O/c25-12-15-3-6-17(7-4-15)32-23(18-2-1-11-28-22(18)27)31-20-9-8-19(30-24(20)32)16-5-10-21(29-13-16)33-14-26/h1-11,13H,12,14H2,(H2,27,28)/i14D2. The van der Waals surface area contributed by atoms with E-state index in [0.717, 1.165) is 11.3 Å². The number of imidazole rings is 1. The lowest BCUT2D eigenvalue weighted by Crippen LogP contribution is -2.02. The van der Waals surface area contributed by atoms with E-state index >= 15 is 0 Å². The molecule has 0 saturated heterocycles. The number of ether oxygens (including phenoxy) is 1. The van der Waals surface area contributed by atoms with E-state index in [1.165, 1.54) is 12.3 Å². The molecule has 164 valence electrons. The van der Waals surface area contributed by atoms with Crippen LogP contribution in [-0.2, 0) is 5.88 Å². The Kier molecular flexibility index (Phi) is 4.96. The Morgan fingerprint density at radius 2 is 1.88 bits per heavy atom. The fourth-order valence-electron chi connectivity index (χ4n) is 3.52. The molecule has 0 bridgehead atoms. The Bertz CT molecular complexity index is 1500. The van der Waals surface area contributed by atoms with Crippen molar-refractivity contribution in [1.29, 1.82) is 0 Å². The summed E-state index contributed by atoms with van der Waals surface area (Å²) in [6.07, 6.45) is 3.05. The van der Waals surface area contributed by atoms with Crippen LogP contribution in [-0.4, -0.2) is 31.3 Å². The molecule has 4 heterocycles. The maximum atomic E-state index is 13.1. The van der Waals surface area contributed by atoms with Gasteiger partial charge in [0.25, 0.3) is 0 Å². The van der Waals surface area contributed by atoms with Gasteiger partial charge in [-0.2, -0.15) is 0 Å². The fraction of sp³-hybridized carbons (Fsp3) is 0.0833. The summed E-state index contributed by atoms with van der Waals surface area (Å²) in [6.45, 7) is -3.32. The normalized spacial score (nSPS) is 12.4. The van der Waals surface area contributed by atoms with Crippen LogP contribution in [0.3, 0.4) is 0 Å². The predicted octanol–water partition coefficient (Wildman–Crippen LogP) is 5.17. The number of hydrogen-bond donors (Lipinski definition) is 1. The van der Waals surface area contributed by atoms with E-state index in [0.29, 0.717) is 45.5 Å². The monoisotopic (exact) mass is 462 g/mol. The Hall–Kier alpha value is -4.04. The number of halogens is 2. The molecule has 0 aliphatic rings. The lowest BCUT2D eigenvalue weighted by molar-refractivity contribution is 0.185. The van der Waals surface area contributed by atoms with Crippen molar-refractivity contribution in [3.05, 3.63) is 78.6 Å². The highest BCUT2D eigenvalue weighted by atomic mass is 35.5. The third-order valence-electron chi connectivity index (χ3n) is 5.11. The molecule has 0 spiro atoms. The number of nitrogens with zero attached hydrogens (tertiary/aromatic N) is 5. The van der Waals surface area contributed by atoms with Crippen LogP contribution in [0.15, 0.2) is 73.1 Å². The van der Waals surface area contributed by atoms with E-state index in [9.17, 15) is 4.39 Å². The molecule has 33 heavy (non-hydrogen) atoms. The van der Waals surface area contributed by atoms with Crippen LogP contribution in [0.25, 0.3) is 39.5 Å². The SMILES string of the molecule is [2H]C([2H])(F)Oc1ccc(-c2ccc3nc(-c4cccnc4N)n(-c4ccc(CCl)cc4)c3n2)cn1. The van der Waals surface area contributed by atoms with E-state index in [1.54, 1.807) is 24.4 Å². The van der Waals surface area contributed by atoms with Crippen LogP contribution in [0.2, 0.25) is 0 Å². The average Bonchev–Trinajstić information content (AvgIpc) is 3.22. The van der Waals surface area contributed by atoms with Crippen LogP contribution in [0.4, 0.5) is 10.2 Å². The minimum atomic E-state index is -3.32. The van der Waals surface area contributed by atoms with Gasteiger partial charge in [0.05, 0.1) is 11.3 Å². The van der Waals surface area contributed by atoms with Crippen molar-refractivity contribution < 1.29 is 11.9 Å². The van der Waals surface area contributed by atoms with E-state index in [-0.39, 0.29) is 5.88 Å². The number of alkyl halides is 2. The van der Waals surface area contributed by atoms with Crippen molar-refractivity contribution in [2.75, 3.05) is 12.5 Å². The topological polar surface area (TPSA) is 91.7 Å². The van der Waals surface area contributed by atoms with Gasteiger partial charge >= 0.3 is 0 Å². The number of pyridine rings is 3. The summed E-state index contributed by atoms with van der Waals surface area (Å²) in [5.41, 5.74) is 11.1. The maximum absolute atomic E-state index is 13.1. The molecule has 9 heteroatoms. The van der Waals surface area contributed by atoms with Gasteiger partial charge in [0.15, 0.2) is 11.5 Å². The first-order chi connectivity index (χ1) is 16.8. The van der Waals surface area contributed by atoms with Gasteiger partial charge in [-0.15, -0.1) is 11.6 Å². The number of benzene rings is 1. The Morgan fingerprint density at radius 3 is 2.58 bits per heavy atom. The Morgan fingerprint density at radius 1 is 1.03 bits per heavy atom. The highest BCUT2D eigenvalue weighted by Gasteiger charge is 2.18. The van der Waals surface area contributed by atoms with Crippen molar-refractivity contribution in [3.8, 4) is 34.2 Å². The zero-order chi connectivity index (χ0) is 24.6. The summed E-state index contributed by atoms with van der Waals surface area (Å²) in [6, 6.07) is 18.0. The smallest absolute Gasteiger partial charge is 0.230 e. The van der Waals surface area contributed by atoms with E-state index in [1.807, 2.05) is 41.0 Å². The van der Waals surface area contributed by atoms with Crippen LogP contribution in [0, 0.1) is 0 Å². The van der Waals surface area contributed by atoms with Crippen molar-refractivity contribution >= 4 is 28.6 Å². The van der Waals surface area contributed by atoms with Crippen molar-refractivity contribution in [3.63, 3.8) is 0 Å². The number of rotatable bonds is 6. The summed E-state index contributed by atoms with van der Waals surface area (Å²) >= 11 is 5.97. The molecular weight excluding hydrogens is 443 g/mol. The van der Waals surface area contributed by atoms with Crippen molar-refractivity contribution in [1.82, 2.24) is 24.5 Å². The largest absolute Gasteiger partial charge is 0.446 e. The predicted molar refractivity (Wildman–Crippen MR) is 126 cm³/mol. The summed E-state index contributed by atoms with van der Waals surface area (Å²) in [5.74, 6) is 1.14. The fourth-order valence-corrected chi connectivity index (χ4v) is 3.69. The van der Waals surface area contributed by atoms with E-state index < -0.39 is 6.81 Å². The number of aromatic nitrogens is 5. The first kappa shape index (κ1) is 18.5. The molecule has 0 unspecified atom stereocenters. The van der Waals surface area contributed by atoms with Gasteiger partial charge in [0.1, 0.15) is 14.1 Å². The second-order valence-electron chi connectivity index (χ2n) is 7.11. The van der Waals surface area contributed by atoms with Crippen LogP contribution in [0.5, 0.6) is 5.88 Å². The number of hydrogen-bond acceptors (Lipinski definition) is 6. The van der Waals surface area contributed by atoms with Gasteiger partial charge in [-0.3, -0.25) is 4.57 Å². The summed E-state index contributed by atoms with van der Waals surface area (Å²) in [4.78, 5) is 17.8. The zero-order valence-electron chi connectivity index (χ0n) is 19.1. The molecule has 0 radical (unpaired) electrons. The van der Waals surface area contributed by atoms with Crippen molar-refractivity contribution in [2.45, 2.75) is 5.88 Å². The Balaban J connectivity index is 1.66. The summed E-state index contributed by atoms with van der Waals surface area (Å²) < 4.78 is 33.3. The molecular formula is C24H18ClFN6O. The van der Waals surface area contributed by atoms with E-state index in [2.05, 4.69) is 14.7 Å². The highest BCUT2D eigenvalue weighted by molar-refractivity contribution is 6.17. The summed E-state index contributed by atoms with van der Waals surface area (Å²) in [7, 11) is 0. The van der Waals surface area contributed by atoms with Gasteiger partial charge in [-0.1, -0.05) is 12.1 Å². The molecule has 0 aliphatic carbocycles. The summed E-state index contributed by atoms with van der Waals surface area (Å²) in [5, 5.41) is 0. The van der Waals surface area contributed by atoms with Crippen molar-refractivity contribution in [2.24, 2.45) is 0 Å². The van der Waals surface area contributed by atoms with Crippen LogP contribution < -0.4 is 10.5 Å². The molecule has 4 aromatic heterocycles. The molecule has 1 aromatic carbocycles. The second-order valence-corrected chi connectivity index (χ2v) is 7.38. The van der Waals surface area contributed by atoms with Crippen LogP contribution in [0.1, 0.15) is 8.30 Å². The minimum Gasteiger partial charge on any atom is -0.446 e. The number of anilines is 1. The van der Waals surface area contributed by atoms with E-state index in [4.69, 9.17) is 30.0 Å². The number of nitrogens with two attached hydrogens (primary N) is 1. The molecule has 0 fully saturated rings. The minimum absolute atomic E-state index is 0.180. The molecule has 0 aliphatic heterocycles. The molecule has 0 atom stereocenters. The lowest BCUT2D eigenvalue weighted by Gasteiger charge is -2.11. The number of fused-ring (bicyclic) bond motifs is 1. The molecule has 5 aromatic rings. The first-order valence-corrected chi connectivity index (χ1v) is 10.5. The average molecular weight is 463 g/mol. The quantitative estimate of drug-likeness (QED) is 0.350. The van der Waals surface area contributed by atoms with Gasteiger partial charge in [-0.05, 0) is 48.0 Å². The van der Waals surface area contributed by atoms with Gasteiger partial charge < -0.3 is 10.5 Å². The van der Waals surface area contributed by atoms with Gasteiger partial charge in [0, 0.05) is 35.6 Å². The molecule has 7 nitrogen and oxygen atoms in total. The lowest BCUT2D eigenvalue weighted by atomic mass is 10.2. The number of nitrogen functional groups attached to an aromatic ring is 1. The van der Waals surface area contributed by atoms with Gasteiger partial charge in [0.2, 0.25) is 12.7 Å². The van der Waals surface area contributed by atoms with Gasteiger partial charge in [-0.25, -0.2) is 24.3 Å². The molecule has 0 saturated carbocycles. The maximum Gasteiger partial charge on any atom is 0.230 e. The third kappa shape index (κ3) is 3.96. The Labute approximate surface area is 196 Å². The molecule has 2 N–H and O–H groups in total.